The summed E-state index contributed by atoms with van der Waals surface area (Å²) in [7, 11) is 0. The molecule has 36 valence electrons. The zero-order chi connectivity index (χ0) is 4.57. The average molecular weight is 106 g/mol. The fraction of sp³-hybridized carbons (Fsp3) is 1.00. The lowest BCUT2D eigenvalue weighted by molar-refractivity contribution is 0.220. The highest BCUT2D eigenvalue weighted by Crippen LogP contribution is 2.27. The minimum Gasteiger partial charge on any atom is -0.247 e. The monoisotopic (exact) mass is 106 g/mol. The van der Waals surface area contributed by atoms with Crippen LogP contribution in [-0.4, -0.2) is 11.4 Å². The van der Waals surface area contributed by atoms with E-state index < -0.39 is 6.17 Å². The van der Waals surface area contributed by atoms with Gasteiger partial charge in [-0.1, -0.05) is 0 Å². The van der Waals surface area contributed by atoms with Gasteiger partial charge in [-0.25, -0.2) is 4.39 Å². The zero-order valence-corrected chi connectivity index (χ0v) is 4.29. The number of hydrogen-bond acceptors (Lipinski definition) is 1. The van der Waals surface area contributed by atoms with Crippen molar-refractivity contribution in [1.29, 1.82) is 0 Å². The molecular formula is C4H7FS. The smallest absolute Gasteiger partial charge is 0.102 e. The Labute approximate surface area is 42.1 Å². The second kappa shape index (κ2) is 1.41. The number of alkyl halides is 1. The molecule has 0 radical (unpaired) electrons. The third kappa shape index (κ3) is 0.672. The maximum absolute atomic E-state index is 11.7. The fourth-order valence-electron chi connectivity index (χ4n) is 0.521. The average Bonchev–Trinajstić information content (AvgIpc) is 1.33. The third-order valence-electron chi connectivity index (χ3n) is 1.06. The van der Waals surface area contributed by atoms with Crippen LogP contribution in [0.1, 0.15) is 12.8 Å². The molecule has 0 amide bonds. The molecule has 0 saturated heterocycles. The Kier molecular flexibility index (Phi) is 1.04. The van der Waals surface area contributed by atoms with Crippen LogP contribution in [0.4, 0.5) is 4.39 Å². The van der Waals surface area contributed by atoms with Gasteiger partial charge < -0.3 is 0 Å². The molecule has 0 aliphatic heterocycles. The van der Waals surface area contributed by atoms with Crippen LogP contribution in [0.25, 0.3) is 0 Å². The van der Waals surface area contributed by atoms with Crippen molar-refractivity contribution in [2.24, 2.45) is 0 Å². The molecule has 0 N–H and O–H groups in total. The van der Waals surface area contributed by atoms with Crippen LogP contribution >= 0.6 is 12.6 Å². The van der Waals surface area contributed by atoms with Crippen molar-refractivity contribution in [2.75, 3.05) is 0 Å². The van der Waals surface area contributed by atoms with Crippen molar-refractivity contribution in [3.8, 4) is 0 Å². The normalized spacial score (nSPS) is 45.0. The molecule has 1 rings (SSSR count). The van der Waals surface area contributed by atoms with Crippen molar-refractivity contribution in [1.82, 2.24) is 0 Å². The van der Waals surface area contributed by atoms with Crippen molar-refractivity contribution in [3.05, 3.63) is 0 Å². The van der Waals surface area contributed by atoms with E-state index >= 15 is 0 Å². The predicted molar refractivity (Wildman–Crippen MR) is 26.9 cm³/mol. The Bertz CT molecular complexity index is 43.5. The second-order valence-corrected chi connectivity index (χ2v) is 2.45. The van der Waals surface area contributed by atoms with Crippen LogP contribution in [0.15, 0.2) is 0 Å². The zero-order valence-electron chi connectivity index (χ0n) is 3.39. The summed E-state index contributed by atoms with van der Waals surface area (Å²) >= 11 is 4.00. The molecule has 1 saturated carbocycles. The van der Waals surface area contributed by atoms with Gasteiger partial charge in [0.05, 0.1) is 0 Å². The van der Waals surface area contributed by atoms with Crippen LogP contribution in [0.3, 0.4) is 0 Å². The summed E-state index contributed by atoms with van der Waals surface area (Å²) in [4.78, 5) is 0. The van der Waals surface area contributed by atoms with Gasteiger partial charge in [0.1, 0.15) is 6.17 Å². The van der Waals surface area contributed by atoms with Gasteiger partial charge in [-0.15, -0.1) is 0 Å². The maximum atomic E-state index is 11.7. The van der Waals surface area contributed by atoms with E-state index in [1.807, 2.05) is 0 Å². The molecule has 1 aliphatic carbocycles. The highest BCUT2D eigenvalue weighted by atomic mass is 32.1. The van der Waals surface area contributed by atoms with E-state index in [4.69, 9.17) is 0 Å². The lowest BCUT2D eigenvalue weighted by Gasteiger charge is -2.24. The van der Waals surface area contributed by atoms with E-state index in [1.54, 1.807) is 0 Å². The Morgan fingerprint density at radius 1 is 1.50 bits per heavy atom. The third-order valence-corrected chi connectivity index (χ3v) is 1.48. The minimum atomic E-state index is -0.535. The van der Waals surface area contributed by atoms with Crippen LogP contribution in [0, 0.1) is 0 Å². The molecule has 2 heteroatoms. The summed E-state index contributed by atoms with van der Waals surface area (Å²) in [6.45, 7) is 0. The van der Waals surface area contributed by atoms with Crippen LogP contribution in [-0.2, 0) is 0 Å². The van der Waals surface area contributed by atoms with E-state index in [0.29, 0.717) is 18.1 Å². The van der Waals surface area contributed by atoms with Gasteiger partial charge in [0, 0.05) is 5.25 Å². The molecule has 0 unspecified atom stereocenters. The maximum Gasteiger partial charge on any atom is 0.102 e. The first-order valence-electron chi connectivity index (χ1n) is 2.11. The van der Waals surface area contributed by atoms with Gasteiger partial charge >= 0.3 is 0 Å². The highest BCUT2D eigenvalue weighted by Gasteiger charge is 2.24. The van der Waals surface area contributed by atoms with E-state index in [2.05, 4.69) is 12.6 Å². The topological polar surface area (TPSA) is 0 Å². The number of rotatable bonds is 0. The summed E-state index contributed by atoms with van der Waals surface area (Å²) in [5, 5.41) is 0.361. The summed E-state index contributed by atoms with van der Waals surface area (Å²) in [6, 6.07) is 0. The highest BCUT2D eigenvalue weighted by molar-refractivity contribution is 7.81. The summed E-state index contributed by atoms with van der Waals surface area (Å²) < 4.78 is 11.7. The van der Waals surface area contributed by atoms with Gasteiger partial charge in [0.2, 0.25) is 0 Å². The van der Waals surface area contributed by atoms with Gasteiger partial charge in [-0.3, -0.25) is 0 Å². The van der Waals surface area contributed by atoms with Crippen molar-refractivity contribution < 1.29 is 4.39 Å². The van der Waals surface area contributed by atoms with E-state index in [9.17, 15) is 4.39 Å². The molecular weight excluding hydrogens is 99.1 g/mol. The molecule has 1 fully saturated rings. The van der Waals surface area contributed by atoms with Crippen LogP contribution in [0.5, 0.6) is 0 Å². The predicted octanol–water partition coefficient (Wildman–Crippen LogP) is 1.42. The number of thiol groups is 1. The molecule has 6 heavy (non-hydrogen) atoms. The van der Waals surface area contributed by atoms with E-state index in [-0.39, 0.29) is 0 Å². The standard InChI is InChI=1S/C4H7FS/c5-3-1-4(6)2-3/h3-4,6H,1-2H2. The lowest BCUT2D eigenvalue weighted by atomic mass is 9.97. The Hall–Kier alpha value is 0.280. The molecule has 0 aromatic heterocycles. The minimum absolute atomic E-state index is 0.361. The summed E-state index contributed by atoms with van der Waals surface area (Å²) in [5.41, 5.74) is 0. The Morgan fingerprint density at radius 3 is 2.00 bits per heavy atom. The lowest BCUT2D eigenvalue weighted by Crippen LogP contribution is -2.24. The molecule has 0 atom stereocenters. The Morgan fingerprint density at radius 2 is 2.00 bits per heavy atom. The van der Waals surface area contributed by atoms with E-state index in [1.165, 1.54) is 0 Å². The van der Waals surface area contributed by atoms with Crippen molar-refractivity contribution >= 4 is 12.6 Å². The molecule has 0 bridgehead atoms. The first-order valence-corrected chi connectivity index (χ1v) is 2.63. The quantitative estimate of drug-likeness (QED) is 0.443. The number of halogens is 1. The number of hydrogen-bond donors (Lipinski definition) is 1. The van der Waals surface area contributed by atoms with Gasteiger partial charge in [-0.2, -0.15) is 12.6 Å². The SMILES string of the molecule is FC1CC(S)C1. The molecule has 0 heterocycles. The van der Waals surface area contributed by atoms with Crippen LogP contribution in [0.2, 0.25) is 0 Å². The largest absolute Gasteiger partial charge is 0.247 e. The molecule has 0 aromatic rings. The molecule has 0 aromatic carbocycles. The summed E-state index contributed by atoms with van der Waals surface area (Å²) in [6.07, 6.45) is 0.805. The van der Waals surface area contributed by atoms with Crippen molar-refractivity contribution in [3.63, 3.8) is 0 Å². The first-order chi connectivity index (χ1) is 2.79. The molecule has 1 aliphatic rings. The molecule has 0 nitrogen and oxygen atoms in total. The van der Waals surface area contributed by atoms with Gasteiger partial charge in [0.15, 0.2) is 0 Å². The molecule has 0 spiro atoms. The fourth-order valence-corrected chi connectivity index (χ4v) is 0.979. The summed E-state index contributed by atoms with van der Waals surface area (Å²) in [5.74, 6) is 0. The second-order valence-electron chi connectivity index (χ2n) is 1.72. The van der Waals surface area contributed by atoms with Crippen molar-refractivity contribution in [2.45, 2.75) is 24.3 Å². The van der Waals surface area contributed by atoms with E-state index in [0.717, 1.165) is 0 Å². The Balaban J connectivity index is 2.11. The van der Waals surface area contributed by atoms with Crippen LogP contribution < -0.4 is 0 Å². The van der Waals surface area contributed by atoms with Gasteiger partial charge in [0.25, 0.3) is 0 Å². The first kappa shape index (κ1) is 4.44. The van der Waals surface area contributed by atoms with Gasteiger partial charge in [-0.05, 0) is 12.8 Å².